The van der Waals surface area contributed by atoms with Gasteiger partial charge in [0.2, 0.25) is 5.91 Å². The molecule has 1 aromatic carbocycles. The van der Waals surface area contributed by atoms with Crippen LogP contribution in [-0.4, -0.2) is 17.1 Å². The number of halogens is 1. The molecule has 86 valence electrons. The average Bonchev–Trinajstić information content (AvgIpc) is 2.18. The van der Waals surface area contributed by atoms with E-state index >= 15 is 0 Å². The number of aliphatic hydroxyl groups is 1. The highest BCUT2D eigenvalue weighted by Gasteiger charge is 2.31. The summed E-state index contributed by atoms with van der Waals surface area (Å²) in [6.07, 6.45) is -0.257. The van der Waals surface area contributed by atoms with Gasteiger partial charge in [0.05, 0.1) is 6.10 Å². The summed E-state index contributed by atoms with van der Waals surface area (Å²) in [5, 5.41) is 9.85. The number of fused-ring (bicyclic) bond motifs is 1. The molecule has 0 saturated heterocycles. The second-order valence-corrected chi connectivity index (χ2v) is 4.19. The number of hydrogen-bond acceptors (Lipinski definition) is 2. The highest BCUT2D eigenvalue weighted by atomic mass is 19.1. The zero-order valence-corrected chi connectivity index (χ0v) is 9.27. The second-order valence-electron chi connectivity index (χ2n) is 4.19. The summed E-state index contributed by atoms with van der Waals surface area (Å²) >= 11 is 0. The van der Waals surface area contributed by atoms with Gasteiger partial charge in [0.25, 0.3) is 0 Å². The Balaban J connectivity index is 2.54. The molecule has 2 rings (SSSR count). The Hall–Kier alpha value is -1.42. The summed E-state index contributed by atoms with van der Waals surface area (Å²) in [6, 6.07) is 4.08. The van der Waals surface area contributed by atoms with Gasteiger partial charge in [0.15, 0.2) is 0 Å². The van der Waals surface area contributed by atoms with Gasteiger partial charge in [-0.25, -0.2) is 4.39 Å². The molecule has 0 aliphatic carbocycles. The van der Waals surface area contributed by atoms with E-state index in [1.165, 1.54) is 19.1 Å². The van der Waals surface area contributed by atoms with Crippen LogP contribution in [0.25, 0.3) is 0 Å². The molecule has 1 aliphatic heterocycles. The van der Waals surface area contributed by atoms with Crippen molar-refractivity contribution in [1.82, 2.24) is 0 Å². The number of nitrogens with zero attached hydrogens (tertiary/aromatic N) is 1. The zero-order chi connectivity index (χ0) is 11.9. The van der Waals surface area contributed by atoms with Gasteiger partial charge in [-0.3, -0.25) is 4.79 Å². The molecule has 2 atom stereocenters. The first-order chi connectivity index (χ1) is 7.50. The van der Waals surface area contributed by atoms with E-state index in [0.717, 1.165) is 0 Å². The zero-order valence-electron chi connectivity index (χ0n) is 9.27. The minimum atomic E-state index is -0.698. The normalized spacial score (nSPS) is 24.1. The highest BCUT2D eigenvalue weighted by molar-refractivity contribution is 5.93. The molecule has 1 heterocycles. The number of hydrogen-bond donors (Lipinski definition) is 1. The largest absolute Gasteiger partial charge is 0.388 e. The van der Waals surface area contributed by atoms with E-state index in [2.05, 4.69) is 0 Å². The Kier molecular flexibility index (Phi) is 2.68. The third kappa shape index (κ3) is 1.69. The highest BCUT2D eigenvalue weighted by Crippen LogP contribution is 2.37. The van der Waals surface area contributed by atoms with E-state index in [1.807, 2.05) is 6.92 Å². The maximum atomic E-state index is 13.1. The van der Waals surface area contributed by atoms with Crippen molar-refractivity contribution in [2.75, 3.05) is 4.90 Å². The van der Waals surface area contributed by atoms with Crippen molar-refractivity contribution < 1.29 is 14.3 Å². The first kappa shape index (κ1) is 11.1. The molecule has 2 unspecified atom stereocenters. The van der Waals surface area contributed by atoms with Crippen LogP contribution in [-0.2, 0) is 4.79 Å². The molecule has 0 radical (unpaired) electrons. The van der Waals surface area contributed by atoms with Crippen LogP contribution in [0.1, 0.15) is 31.9 Å². The van der Waals surface area contributed by atoms with Crippen LogP contribution in [0.4, 0.5) is 10.1 Å². The number of carbonyl (C=O) groups excluding carboxylic acids is 1. The molecule has 1 aromatic rings. The van der Waals surface area contributed by atoms with Crippen LogP contribution in [0.3, 0.4) is 0 Å². The number of anilines is 1. The molecule has 0 spiro atoms. The maximum absolute atomic E-state index is 13.1. The predicted molar refractivity (Wildman–Crippen MR) is 58.6 cm³/mol. The Morgan fingerprint density at radius 3 is 2.88 bits per heavy atom. The third-order valence-electron chi connectivity index (χ3n) is 2.95. The lowest BCUT2D eigenvalue weighted by Gasteiger charge is -2.37. The number of rotatable bonds is 0. The topological polar surface area (TPSA) is 40.5 Å². The molecule has 3 nitrogen and oxygen atoms in total. The molecule has 0 aromatic heterocycles. The van der Waals surface area contributed by atoms with Crippen LogP contribution in [0, 0.1) is 5.82 Å². The van der Waals surface area contributed by atoms with Crippen molar-refractivity contribution in [3.63, 3.8) is 0 Å². The Labute approximate surface area is 93.5 Å². The predicted octanol–water partition coefficient (Wildman–Crippen LogP) is 2.00. The molecule has 4 heteroatoms. The van der Waals surface area contributed by atoms with Crippen molar-refractivity contribution in [3.05, 3.63) is 29.6 Å². The van der Waals surface area contributed by atoms with Crippen LogP contribution in [0.5, 0.6) is 0 Å². The average molecular weight is 223 g/mol. The van der Waals surface area contributed by atoms with Crippen molar-refractivity contribution >= 4 is 11.6 Å². The Morgan fingerprint density at radius 2 is 2.25 bits per heavy atom. The van der Waals surface area contributed by atoms with Gasteiger partial charge in [-0.15, -0.1) is 0 Å². The standard InChI is InChI=1S/C12H14FNO2/c1-7-5-12(16)10-6-9(13)3-4-11(10)14(7)8(2)15/h3-4,6-7,12,16H,5H2,1-2H3. The lowest BCUT2D eigenvalue weighted by atomic mass is 9.94. The quantitative estimate of drug-likeness (QED) is 0.730. The maximum Gasteiger partial charge on any atom is 0.224 e. The molecule has 1 amide bonds. The van der Waals surface area contributed by atoms with Crippen LogP contribution >= 0.6 is 0 Å². The van der Waals surface area contributed by atoms with Gasteiger partial charge in [-0.05, 0) is 31.5 Å². The molecule has 0 bridgehead atoms. The van der Waals surface area contributed by atoms with Gasteiger partial charge >= 0.3 is 0 Å². The minimum absolute atomic E-state index is 0.0644. The number of carbonyl (C=O) groups is 1. The van der Waals surface area contributed by atoms with E-state index < -0.39 is 11.9 Å². The fourth-order valence-electron chi connectivity index (χ4n) is 2.28. The lowest BCUT2D eigenvalue weighted by Crippen LogP contribution is -2.42. The van der Waals surface area contributed by atoms with Gasteiger partial charge in [-0.1, -0.05) is 0 Å². The summed E-state index contributed by atoms with van der Waals surface area (Å²) in [4.78, 5) is 13.1. The minimum Gasteiger partial charge on any atom is -0.388 e. The molecule has 0 fully saturated rings. The third-order valence-corrected chi connectivity index (χ3v) is 2.95. The Morgan fingerprint density at radius 1 is 1.56 bits per heavy atom. The summed E-state index contributed by atoms with van der Waals surface area (Å²) in [7, 11) is 0. The van der Waals surface area contributed by atoms with E-state index in [0.29, 0.717) is 17.7 Å². The van der Waals surface area contributed by atoms with Crippen molar-refractivity contribution in [3.8, 4) is 0 Å². The SMILES string of the molecule is CC(=O)N1c2ccc(F)cc2C(O)CC1C. The summed E-state index contributed by atoms with van der Waals surface area (Å²) < 4.78 is 13.1. The summed E-state index contributed by atoms with van der Waals surface area (Å²) in [6.45, 7) is 3.35. The first-order valence-corrected chi connectivity index (χ1v) is 5.28. The Bertz CT molecular complexity index is 433. The fraction of sp³-hybridized carbons (Fsp3) is 0.417. The van der Waals surface area contributed by atoms with Gasteiger partial charge in [0.1, 0.15) is 5.82 Å². The molecular weight excluding hydrogens is 209 g/mol. The first-order valence-electron chi connectivity index (χ1n) is 5.28. The molecular formula is C12H14FNO2. The smallest absolute Gasteiger partial charge is 0.224 e. The van der Waals surface area contributed by atoms with Crippen molar-refractivity contribution in [2.45, 2.75) is 32.4 Å². The summed E-state index contributed by atoms with van der Waals surface area (Å²) in [5.41, 5.74) is 1.11. The number of benzene rings is 1. The molecule has 1 aliphatic rings. The van der Waals surface area contributed by atoms with Gasteiger partial charge in [-0.2, -0.15) is 0 Å². The van der Waals surface area contributed by atoms with Gasteiger partial charge in [0, 0.05) is 24.2 Å². The van der Waals surface area contributed by atoms with E-state index in [-0.39, 0.29) is 11.9 Å². The molecule has 16 heavy (non-hydrogen) atoms. The van der Waals surface area contributed by atoms with Crippen molar-refractivity contribution in [2.24, 2.45) is 0 Å². The van der Waals surface area contributed by atoms with E-state index in [9.17, 15) is 14.3 Å². The number of amides is 1. The van der Waals surface area contributed by atoms with Gasteiger partial charge < -0.3 is 10.0 Å². The number of aliphatic hydroxyl groups excluding tert-OH is 1. The van der Waals surface area contributed by atoms with Crippen LogP contribution in [0.15, 0.2) is 18.2 Å². The second kappa shape index (κ2) is 3.87. The molecule has 1 N–H and O–H groups in total. The fourth-order valence-corrected chi connectivity index (χ4v) is 2.28. The monoisotopic (exact) mass is 223 g/mol. The molecule has 0 saturated carbocycles. The van der Waals surface area contributed by atoms with Crippen LogP contribution in [0.2, 0.25) is 0 Å². The van der Waals surface area contributed by atoms with Crippen molar-refractivity contribution in [1.29, 1.82) is 0 Å². The lowest BCUT2D eigenvalue weighted by molar-refractivity contribution is -0.117. The van der Waals surface area contributed by atoms with Crippen LogP contribution < -0.4 is 4.90 Å². The van der Waals surface area contributed by atoms with E-state index in [4.69, 9.17) is 0 Å². The van der Waals surface area contributed by atoms with E-state index in [1.54, 1.807) is 11.0 Å². The summed E-state index contributed by atoms with van der Waals surface area (Å²) in [5.74, 6) is -0.483.